The number of anilines is 1. The average molecular weight is 347 g/mol. The fourth-order valence-electron chi connectivity index (χ4n) is 3.03. The molecule has 1 aromatic rings. The van der Waals surface area contributed by atoms with Gasteiger partial charge >= 0.3 is 0 Å². The second-order valence-corrected chi connectivity index (χ2v) is 6.71. The highest BCUT2D eigenvalue weighted by molar-refractivity contribution is 5.93. The SMILES string of the molecule is COc1cccc(NC(=O)CN(C)[C@H](C)C(=O)NC2CCCCC2)c1. The van der Waals surface area contributed by atoms with Gasteiger partial charge in [0.2, 0.25) is 11.8 Å². The molecule has 1 aliphatic rings. The van der Waals surface area contributed by atoms with E-state index in [1.54, 1.807) is 31.2 Å². The lowest BCUT2D eigenvalue weighted by Crippen LogP contribution is -2.49. The molecular formula is C19H29N3O3. The quantitative estimate of drug-likeness (QED) is 0.795. The highest BCUT2D eigenvalue weighted by atomic mass is 16.5. The van der Waals surface area contributed by atoms with Gasteiger partial charge in [-0.1, -0.05) is 25.3 Å². The van der Waals surface area contributed by atoms with Crippen molar-refractivity contribution < 1.29 is 14.3 Å². The molecular weight excluding hydrogens is 318 g/mol. The van der Waals surface area contributed by atoms with Crippen molar-refractivity contribution in [1.29, 1.82) is 0 Å². The van der Waals surface area contributed by atoms with Gasteiger partial charge in [-0.3, -0.25) is 14.5 Å². The van der Waals surface area contributed by atoms with E-state index in [9.17, 15) is 9.59 Å². The highest BCUT2D eigenvalue weighted by Gasteiger charge is 2.23. The van der Waals surface area contributed by atoms with E-state index in [-0.39, 0.29) is 30.4 Å². The van der Waals surface area contributed by atoms with Crippen molar-refractivity contribution in [2.45, 2.75) is 51.1 Å². The van der Waals surface area contributed by atoms with Crippen LogP contribution >= 0.6 is 0 Å². The Morgan fingerprint density at radius 3 is 2.68 bits per heavy atom. The van der Waals surface area contributed by atoms with Crippen LogP contribution < -0.4 is 15.4 Å². The molecule has 0 aromatic heterocycles. The Morgan fingerprint density at radius 1 is 1.28 bits per heavy atom. The van der Waals surface area contributed by atoms with Crippen molar-refractivity contribution >= 4 is 17.5 Å². The molecule has 2 rings (SSSR count). The molecule has 0 unspecified atom stereocenters. The molecule has 0 bridgehead atoms. The van der Waals surface area contributed by atoms with Crippen LogP contribution in [0.15, 0.2) is 24.3 Å². The Balaban J connectivity index is 1.81. The molecule has 0 heterocycles. The summed E-state index contributed by atoms with van der Waals surface area (Å²) in [6.45, 7) is 1.98. The third kappa shape index (κ3) is 6.05. The van der Waals surface area contributed by atoms with Crippen LogP contribution in [0.25, 0.3) is 0 Å². The van der Waals surface area contributed by atoms with Crippen LogP contribution in [0.1, 0.15) is 39.0 Å². The summed E-state index contributed by atoms with van der Waals surface area (Å²) < 4.78 is 5.14. The molecule has 2 N–H and O–H groups in total. The number of hydrogen-bond acceptors (Lipinski definition) is 4. The lowest BCUT2D eigenvalue weighted by atomic mass is 9.95. The van der Waals surface area contributed by atoms with Crippen molar-refractivity contribution in [3.63, 3.8) is 0 Å². The van der Waals surface area contributed by atoms with Gasteiger partial charge in [0.05, 0.1) is 19.7 Å². The zero-order chi connectivity index (χ0) is 18.2. The number of ether oxygens (including phenoxy) is 1. The number of amides is 2. The van der Waals surface area contributed by atoms with E-state index >= 15 is 0 Å². The van der Waals surface area contributed by atoms with Gasteiger partial charge in [0.1, 0.15) is 5.75 Å². The summed E-state index contributed by atoms with van der Waals surface area (Å²) in [6.07, 6.45) is 5.72. The van der Waals surface area contributed by atoms with E-state index in [0.29, 0.717) is 11.4 Å². The van der Waals surface area contributed by atoms with Gasteiger partial charge in [0.25, 0.3) is 0 Å². The summed E-state index contributed by atoms with van der Waals surface area (Å²) >= 11 is 0. The average Bonchev–Trinajstić information content (AvgIpc) is 2.61. The van der Waals surface area contributed by atoms with Crippen molar-refractivity contribution in [3.8, 4) is 5.75 Å². The molecule has 1 fully saturated rings. The number of rotatable bonds is 7. The molecule has 0 spiro atoms. The van der Waals surface area contributed by atoms with Gasteiger partial charge in [-0.05, 0) is 38.9 Å². The van der Waals surface area contributed by atoms with Crippen LogP contribution in [-0.2, 0) is 9.59 Å². The second-order valence-electron chi connectivity index (χ2n) is 6.71. The lowest BCUT2D eigenvalue weighted by Gasteiger charge is -2.28. The number of benzene rings is 1. The number of hydrogen-bond donors (Lipinski definition) is 2. The minimum absolute atomic E-state index is 0.0106. The van der Waals surface area contributed by atoms with Crippen LogP contribution in [0.4, 0.5) is 5.69 Å². The van der Waals surface area contributed by atoms with Crippen molar-refractivity contribution in [1.82, 2.24) is 10.2 Å². The van der Waals surface area contributed by atoms with Crippen molar-refractivity contribution in [2.75, 3.05) is 26.0 Å². The number of methoxy groups -OCH3 is 1. The molecule has 0 radical (unpaired) electrons. The van der Waals surface area contributed by atoms with E-state index < -0.39 is 0 Å². The lowest BCUT2D eigenvalue weighted by molar-refractivity contribution is -0.127. The summed E-state index contributed by atoms with van der Waals surface area (Å²) in [5, 5.41) is 5.94. The third-order valence-corrected chi connectivity index (χ3v) is 4.74. The number of carbonyl (C=O) groups is 2. The second kappa shape index (κ2) is 9.42. The first-order valence-electron chi connectivity index (χ1n) is 8.94. The zero-order valence-corrected chi connectivity index (χ0v) is 15.4. The molecule has 1 saturated carbocycles. The molecule has 1 aromatic carbocycles. The fourth-order valence-corrected chi connectivity index (χ4v) is 3.03. The van der Waals surface area contributed by atoms with Crippen LogP contribution in [0.2, 0.25) is 0 Å². The van der Waals surface area contributed by atoms with E-state index in [4.69, 9.17) is 4.74 Å². The normalized spacial score (nSPS) is 16.3. The van der Waals surface area contributed by atoms with Crippen molar-refractivity contribution in [2.24, 2.45) is 0 Å². The topological polar surface area (TPSA) is 70.7 Å². The van der Waals surface area contributed by atoms with Gasteiger partial charge in [0, 0.05) is 17.8 Å². The Bertz CT molecular complexity index is 585. The monoisotopic (exact) mass is 347 g/mol. The fraction of sp³-hybridized carbons (Fsp3) is 0.579. The van der Waals surface area contributed by atoms with E-state index in [1.165, 1.54) is 19.3 Å². The molecule has 2 amide bonds. The number of carbonyl (C=O) groups excluding carboxylic acids is 2. The summed E-state index contributed by atoms with van der Waals surface area (Å²) in [6, 6.07) is 7.13. The maximum atomic E-state index is 12.4. The maximum Gasteiger partial charge on any atom is 0.238 e. The first-order chi connectivity index (χ1) is 12.0. The van der Waals surface area contributed by atoms with Gasteiger partial charge < -0.3 is 15.4 Å². The molecule has 1 aliphatic carbocycles. The van der Waals surface area contributed by atoms with Crippen LogP contribution in [0.5, 0.6) is 5.75 Å². The van der Waals surface area contributed by atoms with E-state index in [1.807, 2.05) is 19.1 Å². The summed E-state index contributed by atoms with van der Waals surface area (Å²) in [5.41, 5.74) is 0.678. The highest BCUT2D eigenvalue weighted by Crippen LogP contribution is 2.18. The number of nitrogens with one attached hydrogen (secondary N) is 2. The van der Waals surface area contributed by atoms with E-state index in [2.05, 4.69) is 10.6 Å². The minimum atomic E-state index is -0.349. The van der Waals surface area contributed by atoms with Crippen LogP contribution in [0, 0.1) is 0 Å². The maximum absolute atomic E-state index is 12.4. The molecule has 6 heteroatoms. The molecule has 6 nitrogen and oxygen atoms in total. The molecule has 0 aliphatic heterocycles. The van der Waals surface area contributed by atoms with Crippen LogP contribution in [0.3, 0.4) is 0 Å². The molecule has 0 saturated heterocycles. The first kappa shape index (κ1) is 19.2. The number of nitrogens with zero attached hydrogens (tertiary/aromatic N) is 1. The summed E-state index contributed by atoms with van der Waals surface area (Å²) in [7, 11) is 3.37. The smallest absolute Gasteiger partial charge is 0.238 e. The van der Waals surface area contributed by atoms with Crippen LogP contribution in [-0.4, -0.2) is 49.5 Å². The van der Waals surface area contributed by atoms with Gasteiger partial charge in [-0.15, -0.1) is 0 Å². The minimum Gasteiger partial charge on any atom is -0.497 e. The van der Waals surface area contributed by atoms with Gasteiger partial charge in [-0.2, -0.15) is 0 Å². The zero-order valence-electron chi connectivity index (χ0n) is 15.4. The summed E-state index contributed by atoms with van der Waals surface area (Å²) in [5.74, 6) is 0.517. The largest absolute Gasteiger partial charge is 0.497 e. The number of likely N-dealkylation sites (N-methyl/N-ethyl adjacent to an activating group) is 1. The molecule has 138 valence electrons. The van der Waals surface area contributed by atoms with Gasteiger partial charge in [-0.25, -0.2) is 0 Å². The molecule has 1 atom stereocenters. The Morgan fingerprint density at radius 2 is 2.00 bits per heavy atom. The predicted molar refractivity (Wildman–Crippen MR) is 98.7 cm³/mol. The van der Waals surface area contributed by atoms with Gasteiger partial charge in [0.15, 0.2) is 0 Å². The first-order valence-corrected chi connectivity index (χ1v) is 8.94. The van der Waals surface area contributed by atoms with E-state index in [0.717, 1.165) is 12.8 Å². The van der Waals surface area contributed by atoms with Crippen molar-refractivity contribution in [3.05, 3.63) is 24.3 Å². The Labute approximate surface area is 149 Å². The third-order valence-electron chi connectivity index (χ3n) is 4.74. The summed E-state index contributed by atoms with van der Waals surface area (Å²) in [4.78, 5) is 26.3. The predicted octanol–water partition coefficient (Wildman–Crippen LogP) is 2.40. The Kier molecular flexibility index (Phi) is 7.25. The molecule has 25 heavy (non-hydrogen) atoms. The Hall–Kier alpha value is -2.08. The standard InChI is InChI=1S/C19H29N3O3/c1-14(19(24)21-15-8-5-4-6-9-15)22(2)13-18(23)20-16-10-7-11-17(12-16)25-3/h7,10-12,14-15H,4-6,8-9,13H2,1-3H3,(H,20,23)(H,21,24)/t14-/m1/s1.